The smallest absolute Gasteiger partial charge is 0.225 e. The Hall–Kier alpha value is -6.10. The van der Waals surface area contributed by atoms with Crippen molar-refractivity contribution >= 4 is 44.6 Å². The van der Waals surface area contributed by atoms with Gasteiger partial charge in [-0.3, -0.25) is 0 Å². The first kappa shape index (κ1) is 41.9. The van der Waals surface area contributed by atoms with Crippen LogP contribution in [0.4, 0.5) is 22.7 Å². The zero-order valence-electron chi connectivity index (χ0n) is 37.6. The van der Waals surface area contributed by atoms with Crippen molar-refractivity contribution in [3.63, 3.8) is 0 Å². The SMILES string of the molecule is Cc1cccc(C)c1-c1cc(Oc2[c-]c3c(cc2)c2ccccc2n3-c2cc(C(C)(C)C)ccn2)[c-]c([N+]23[CH-][N@+]2(c2cccc(-c4ccccc4)c2)c2ccc(C(C)(C)C)cc23)c1.[Pt]. The number of ether oxygens (including phenoxy) is 1. The molecule has 2 atom stereocenters. The zero-order valence-corrected chi connectivity index (χ0v) is 39.9. The van der Waals surface area contributed by atoms with E-state index in [-0.39, 0.29) is 31.9 Å². The quantitative estimate of drug-likeness (QED) is 0.0904. The number of benzene rings is 7. The summed E-state index contributed by atoms with van der Waals surface area (Å²) in [5.41, 5.74) is 16.3. The monoisotopic (exact) mass is 1010 g/mol. The maximum Gasteiger partial charge on any atom is 0.225 e. The molecule has 320 valence electrons. The third-order valence-corrected chi connectivity index (χ3v) is 13.3. The van der Waals surface area contributed by atoms with E-state index in [4.69, 9.17) is 9.72 Å². The molecule has 1 saturated heterocycles. The number of pyridine rings is 1. The maximum absolute atomic E-state index is 7.02. The number of fused-ring (bicyclic) bond motifs is 7. The van der Waals surface area contributed by atoms with E-state index < -0.39 is 0 Å². The maximum atomic E-state index is 7.02. The van der Waals surface area contributed by atoms with Crippen LogP contribution in [0.1, 0.15) is 63.8 Å². The molecule has 1 fully saturated rings. The first-order chi connectivity index (χ1) is 30.3. The van der Waals surface area contributed by atoms with Crippen LogP contribution in [0.3, 0.4) is 0 Å². The Morgan fingerprint density at radius 3 is 2.03 bits per heavy atom. The molecule has 0 saturated carbocycles. The molecule has 0 bridgehead atoms. The summed E-state index contributed by atoms with van der Waals surface area (Å²) in [6.07, 6.45) is 1.92. The van der Waals surface area contributed by atoms with E-state index in [1.807, 2.05) is 12.3 Å². The topological polar surface area (TPSA) is 27.1 Å². The van der Waals surface area contributed by atoms with Gasteiger partial charge in [0, 0.05) is 68.5 Å². The van der Waals surface area contributed by atoms with Crippen molar-refractivity contribution in [2.24, 2.45) is 0 Å². The van der Waals surface area contributed by atoms with Crippen molar-refractivity contribution in [1.82, 2.24) is 18.7 Å². The summed E-state index contributed by atoms with van der Waals surface area (Å²) in [6.45, 7) is 20.4. The molecule has 0 N–H and O–H groups in total. The summed E-state index contributed by atoms with van der Waals surface area (Å²) in [4.78, 5) is 4.91. The van der Waals surface area contributed by atoms with E-state index in [0.717, 1.165) is 38.9 Å². The minimum absolute atomic E-state index is 0. The van der Waals surface area contributed by atoms with E-state index in [1.165, 1.54) is 56.0 Å². The van der Waals surface area contributed by atoms with Gasteiger partial charge < -0.3 is 9.30 Å². The van der Waals surface area contributed by atoms with Crippen LogP contribution in [0.5, 0.6) is 11.5 Å². The molecule has 64 heavy (non-hydrogen) atoms. The molecule has 11 rings (SSSR count). The Morgan fingerprint density at radius 2 is 1.27 bits per heavy atom. The second-order valence-corrected chi connectivity index (χ2v) is 19.4. The van der Waals surface area contributed by atoms with Crippen LogP contribution < -0.4 is 13.9 Å². The predicted molar refractivity (Wildman–Crippen MR) is 261 cm³/mol. The van der Waals surface area contributed by atoms with E-state index in [1.54, 1.807) is 0 Å². The van der Waals surface area contributed by atoms with E-state index in [9.17, 15) is 0 Å². The summed E-state index contributed by atoms with van der Waals surface area (Å²) in [7, 11) is 0. The number of quaternary nitrogens is 2. The fourth-order valence-corrected chi connectivity index (χ4v) is 9.95. The van der Waals surface area contributed by atoms with Crippen LogP contribution in [-0.2, 0) is 31.9 Å². The Balaban J connectivity index is 0.00000484. The van der Waals surface area contributed by atoms with E-state index in [2.05, 4.69) is 224 Å². The number of hydrogen-bond donors (Lipinski definition) is 0. The third-order valence-electron chi connectivity index (χ3n) is 13.3. The van der Waals surface area contributed by atoms with Crippen molar-refractivity contribution in [2.75, 3.05) is 0 Å². The van der Waals surface area contributed by atoms with Gasteiger partial charge in [0.1, 0.15) is 5.82 Å². The van der Waals surface area contributed by atoms with E-state index >= 15 is 0 Å². The van der Waals surface area contributed by atoms with Gasteiger partial charge in [-0.05, 0) is 87.2 Å². The first-order valence-corrected chi connectivity index (χ1v) is 22.0. The van der Waals surface area contributed by atoms with Gasteiger partial charge in [0.25, 0.3) is 0 Å². The minimum Gasteiger partial charge on any atom is -0.509 e. The van der Waals surface area contributed by atoms with Crippen LogP contribution in [0.25, 0.3) is 49.9 Å². The number of aryl methyl sites for hydroxylation is 2. The Bertz CT molecular complexity index is 3280. The summed E-state index contributed by atoms with van der Waals surface area (Å²) < 4.78 is 10.3. The van der Waals surface area contributed by atoms with Crippen LogP contribution in [0.2, 0.25) is 0 Å². The van der Waals surface area contributed by atoms with Gasteiger partial charge in [-0.2, -0.15) is 10.7 Å². The third kappa shape index (κ3) is 6.43. The van der Waals surface area contributed by atoms with Crippen molar-refractivity contribution in [1.29, 1.82) is 0 Å². The van der Waals surface area contributed by atoms with Crippen molar-refractivity contribution in [3.05, 3.63) is 199 Å². The largest absolute Gasteiger partial charge is 0.509 e. The van der Waals surface area contributed by atoms with Crippen molar-refractivity contribution in [2.45, 2.75) is 66.2 Å². The number of aromatic nitrogens is 2. The van der Waals surface area contributed by atoms with Gasteiger partial charge in [-0.25, -0.2) is 9.58 Å². The average molecular weight is 1020 g/mol. The molecular formula is C58H51N4OPt-. The normalized spacial score (nSPS) is 17.6. The number of para-hydroxylation sites is 1. The first-order valence-electron chi connectivity index (χ1n) is 22.0. The molecule has 0 amide bonds. The molecule has 4 heterocycles. The van der Waals surface area contributed by atoms with Crippen molar-refractivity contribution < 1.29 is 25.8 Å². The second-order valence-electron chi connectivity index (χ2n) is 19.4. The fourth-order valence-electron chi connectivity index (χ4n) is 9.95. The number of nitrogens with zero attached hydrogens (tertiary/aromatic N) is 4. The number of hydrogen-bond acceptors (Lipinski definition) is 2. The summed E-state index contributed by atoms with van der Waals surface area (Å²) in [6, 6.07) is 62.4. The number of rotatable bonds is 7. The Morgan fingerprint density at radius 1 is 0.562 bits per heavy atom. The van der Waals surface area contributed by atoms with Gasteiger partial charge in [-0.1, -0.05) is 144 Å². The van der Waals surface area contributed by atoms with Gasteiger partial charge in [0.2, 0.25) is 11.4 Å². The molecule has 6 heteroatoms. The van der Waals surface area contributed by atoms with E-state index in [0.29, 0.717) is 20.7 Å². The van der Waals surface area contributed by atoms with Gasteiger partial charge in [0.05, 0.1) is 5.69 Å². The van der Waals surface area contributed by atoms with Crippen molar-refractivity contribution in [3.8, 4) is 39.6 Å². The Labute approximate surface area is 391 Å². The standard InChI is InChI=1S/C58H51N4O.Pt/c1-38-16-14-17-39(2)56(38)42-31-46(62-37-61(62,53-27-24-43(33-54(53)62)57(3,4)5)45-21-15-20-41(30-45)40-18-10-9-11-19-40)35-48(32-42)63-47-25-26-50-49-22-12-13-23-51(49)60(52(50)36-47)55-34-44(28-29-59-55)58(6,7)8;/h9-34,37H,1-8H3;/q-1;/t61-,62?;/m0./s1. The van der Waals surface area contributed by atoms with Gasteiger partial charge in [0.15, 0.2) is 12.4 Å². The molecular weight excluding hydrogens is 964 g/mol. The van der Waals surface area contributed by atoms with Gasteiger partial charge in [-0.15, -0.1) is 29.1 Å². The summed E-state index contributed by atoms with van der Waals surface area (Å²) in [5.74, 6) is 2.11. The Kier molecular flexibility index (Phi) is 9.81. The molecule has 5 nitrogen and oxygen atoms in total. The molecule has 2 aliphatic rings. The average Bonchev–Trinajstić information content (AvgIpc) is 3.77. The molecule has 2 aliphatic heterocycles. The zero-order chi connectivity index (χ0) is 43.5. The molecule has 2 aromatic heterocycles. The molecule has 0 aliphatic carbocycles. The predicted octanol–water partition coefficient (Wildman–Crippen LogP) is 15.5. The fraction of sp³-hybridized carbons (Fsp3) is 0.172. The minimum atomic E-state index is -0.0320. The molecule has 1 unspecified atom stereocenters. The van der Waals surface area contributed by atoms with Crippen LogP contribution in [0, 0.1) is 32.6 Å². The molecule has 0 radical (unpaired) electrons. The van der Waals surface area contributed by atoms with Crippen LogP contribution >= 0.6 is 0 Å². The van der Waals surface area contributed by atoms with Crippen LogP contribution in [-0.4, -0.2) is 9.55 Å². The summed E-state index contributed by atoms with van der Waals surface area (Å²) in [5, 5.41) is 2.24. The molecule has 7 aromatic carbocycles. The summed E-state index contributed by atoms with van der Waals surface area (Å²) >= 11 is 0. The van der Waals surface area contributed by atoms with Crippen LogP contribution in [0.15, 0.2) is 158 Å². The molecule has 9 aromatic rings. The molecule has 0 spiro atoms. The van der Waals surface area contributed by atoms with Gasteiger partial charge >= 0.3 is 0 Å². The second kappa shape index (κ2) is 15.0.